The Bertz CT molecular complexity index is 1380. The molecule has 0 fully saturated rings. The second kappa shape index (κ2) is 9.07. The van der Waals surface area contributed by atoms with Gasteiger partial charge in [0.25, 0.3) is 0 Å². The zero-order valence-corrected chi connectivity index (χ0v) is 18.7. The Morgan fingerprint density at radius 2 is 1.53 bits per heavy atom. The van der Waals surface area contributed by atoms with Crippen LogP contribution in [0.5, 0.6) is 0 Å². The molecule has 3 N–H and O–H groups in total. The Morgan fingerprint density at radius 1 is 0.906 bits per heavy atom. The summed E-state index contributed by atoms with van der Waals surface area (Å²) in [6, 6.07) is 23.4. The van der Waals surface area contributed by atoms with E-state index in [4.69, 9.17) is 5.14 Å². The number of nitrogens with one attached hydrogen (secondary N) is 1. The number of sulfonamides is 1. The SMILES string of the molecule is C[C@@H](Sc1nnc(-c2ccccc2)c2ccccc12)C(=O)Nc1ccc(S(N)(=O)=O)cc1. The molecule has 162 valence electrons. The normalized spacial score (nSPS) is 12.4. The number of nitrogens with zero attached hydrogens (tertiary/aromatic N) is 2. The fourth-order valence-electron chi connectivity index (χ4n) is 3.17. The number of aromatic nitrogens is 2. The quantitative estimate of drug-likeness (QED) is 0.416. The monoisotopic (exact) mass is 464 g/mol. The number of thioether (sulfide) groups is 1. The summed E-state index contributed by atoms with van der Waals surface area (Å²) in [7, 11) is -3.78. The van der Waals surface area contributed by atoms with Gasteiger partial charge in [0.1, 0.15) is 10.7 Å². The highest BCUT2D eigenvalue weighted by Gasteiger charge is 2.19. The number of fused-ring (bicyclic) bond motifs is 1. The minimum Gasteiger partial charge on any atom is -0.325 e. The van der Waals surface area contributed by atoms with Crippen LogP contribution in [-0.2, 0) is 14.8 Å². The Hall–Kier alpha value is -3.27. The Balaban J connectivity index is 1.55. The predicted octanol–water partition coefficient (Wildman–Crippen LogP) is 4.06. The molecule has 0 bridgehead atoms. The lowest BCUT2D eigenvalue weighted by molar-refractivity contribution is -0.115. The Labute approximate surface area is 190 Å². The second-order valence-electron chi connectivity index (χ2n) is 7.08. The number of hydrogen-bond acceptors (Lipinski definition) is 6. The van der Waals surface area contributed by atoms with Crippen LogP contribution in [0.1, 0.15) is 6.92 Å². The lowest BCUT2D eigenvalue weighted by Gasteiger charge is -2.14. The van der Waals surface area contributed by atoms with Crippen LogP contribution >= 0.6 is 11.8 Å². The average Bonchev–Trinajstić information content (AvgIpc) is 2.79. The number of carbonyl (C=O) groups excluding carboxylic acids is 1. The molecule has 7 nitrogen and oxygen atoms in total. The smallest absolute Gasteiger partial charge is 0.238 e. The highest BCUT2D eigenvalue weighted by molar-refractivity contribution is 8.00. The van der Waals surface area contributed by atoms with E-state index in [0.717, 1.165) is 22.0 Å². The number of hydrogen-bond donors (Lipinski definition) is 2. The van der Waals surface area contributed by atoms with Crippen molar-refractivity contribution >= 4 is 44.2 Å². The molecule has 1 amide bonds. The maximum atomic E-state index is 12.7. The van der Waals surface area contributed by atoms with Crippen molar-refractivity contribution < 1.29 is 13.2 Å². The molecular weight excluding hydrogens is 444 g/mol. The lowest BCUT2D eigenvalue weighted by atomic mass is 10.1. The Kier molecular flexibility index (Phi) is 6.22. The van der Waals surface area contributed by atoms with Crippen molar-refractivity contribution in [1.82, 2.24) is 10.2 Å². The molecule has 0 aliphatic heterocycles. The molecule has 0 unspecified atom stereocenters. The van der Waals surface area contributed by atoms with E-state index in [-0.39, 0.29) is 10.8 Å². The maximum absolute atomic E-state index is 12.7. The molecule has 4 aromatic rings. The minimum atomic E-state index is -3.78. The van der Waals surface area contributed by atoms with Crippen LogP contribution in [0.2, 0.25) is 0 Å². The van der Waals surface area contributed by atoms with Gasteiger partial charge in [-0.05, 0) is 31.2 Å². The topological polar surface area (TPSA) is 115 Å². The van der Waals surface area contributed by atoms with Gasteiger partial charge in [-0.25, -0.2) is 13.6 Å². The number of primary sulfonamides is 1. The predicted molar refractivity (Wildman–Crippen MR) is 127 cm³/mol. The number of rotatable bonds is 6. The van der Waals surface area contributed by atoms with E-state index in [2.05, 4.69) is 15.5 Å². The van der Waals surface area contributed by atoms with E-state index < -0.39 is 15.3 Å². The summed E-state index contributed by atoms with van der Waals surface area (Å²) in [4.78, 5) is 12.7. The number of anilines is 1. The molecule has 0 radical (unpaired) electrons. The van der Waals surface area contributed by atoms with Gasteiger partial charge in [0.2, 0.25) is 15.9 Å². The van der Waals surface area contributed by atoms with Crippen molar-refractivity contribution in [3.05, 3.63) is 78.9 Å². The summed E-state index contributed by atoms with van der Waals surface area (Å²) in [5.74, 6) is -0.239. The largest absolute Gasteiger partial charge is 0.325 e. The van der Waals surface area contributed by atoms with Crippen molar-refractivity contribution in [3.8, 4) is 11.3 Å². The van der Waals surface area contributed by atoms with Gasteiger partial charge >= 0.3 is 0 Å². The Morgan fingerprint density at radius 3 is 2.19 bits per heavy atom. The van der Waals surface area contributed by atoms with E-state index in [1.165, 1.54) is 36.0 Å². The fourth-order valence-corrected chi connectivity index (χ4v) is 4.58. The third kappa shape index (κ3) is 4.80. The standard InChI is InChI=1S/C23H20N4O3S2/c1-15(22(28)25-17-11-13-18(14-12-17)32(24,29)30)31-23-20-10-6-5-9-19(20)21(26-27-23)16-7-3-2-4-8-16/h2-15H,1H3,(H,25,28)(H2,24,29,30)/t15-/m1/s1. The van der Waals surface area contributed by atoms with Gasteiger partial charge in [-0.15, -0.1) is 10.2 Å². The van der Waals surface area contributed by atoms with Crippen LogP contribution in [0, 0.1) is 0 Å². The van der Waals surface area contributed by atoms with Crippen LogP contribution in [0.3, 0.4) is 0 Å². The molecular formula is C23H20N4O3S2. The fraction of sp³-hybridized carbons (Fsp3) is 0.0870. The molecule has 1 atom stereocenters. The maximum Gasteiger partial charge on any atom is 0.238 e. The van der Waals surface area contributed by atoms with E-state index >= 15 is 0 Å². The zero-order valence-electron chi connectivity index (χ0n) is 17.1. The van der Waals surface area contributed by atoms with E-state index in [1.54, 1.807) is 6.92 Å². The van der Waals surface area contributed by atoms with Crippen molar-refractivity contribution in [2.45, 2.75) is 22.1 Å². The van der Waals surface area contributed by atoms with Gasteiger partial charge in [-0.2, -0.15) is 0 Å². The van der Waals surface area contributed by atoms with E-state index in [9.17, 15) is 13.2 Å². The summed E-state index contributed by atoms with van der Waals surface area (Å²) in [6.07, 6.45) is 0. The van der Waals surface area contributed by atoms with Crippen LogP contribution in [-0.4, -0.2) is 29.8 Å². The van der Waals surface area contributed by atoms with Crippen LogP contribution in [0.25, 0.3) is 22.0 Å². The van der Waals surface area contributed by atoms with Gasteiger partial charge in [-0.1, -0.05) is 66.4 Å². The number of amides is 1. The van der Waals surface area contributed by atoms with Gasteiger partial charge < -0.3 is 5.32 Å². The second-order valence-corrected chi connectivity index (χ2v) is 9.98. The van der Waals surface area contributed by atoms with Gasteiger partial charge in [0.15, 0.2) is 0 Å². The van der Waals surface area contributed by atoms with Crippen molar-refractivity contribution in [2.75, 3.05) is 5.32 Å². The van der Waals surface area contributed by atoms with Gasteiger partial charge in [-0.3, -0.25) is 4.79 Å². The number of benzene rings is 3. The molecule has 32 heavy (non-hydrogen) atoms. The molecule has 0 aliphatic rings. The zero-order chi connectivity index (χ0) is 22.7. The van der Waals surface area contributed by atoms with Crippen molar-refractivity contribution in [3.63, 3.8) is 0 Å². The molecule has 1 aromatic heterocycles. The van der Waals surface area contributed by atoms with E-state index in [1.807, 2.05) is 54.6 Å². The molecule has 0 saturated carbocycles. The molecule has 9 heteroatoms. The summed E-state index contributed by atoms with van der Waals surface area (Å²) < 4.78 is 22.7. The van der Waals surface area contributed by atoms with Crippen LogP contribution < -0.4 is 10.5 Å². The third-order valence-corrected chi connectivity index (χ3v) is 6.83. The number of carbonyl (C=O) groups is 1. The highest BCUT2D eigenvalue weighted by Crippen LogP contribution is 2.33. The van der Waals surface area contributed by atoms with Crippen LogP contribution in [0.15, 0.2) is 88.8 Å². The summed E-state index contributed by atoms with van der Waals surface area (Å²) in [5, 5.41) is 18.8. The number of nitrogens with two attached hydrogens (primary N) is 1. The molecule has 4 rings (SSSR count). The van der Waals surface area contributed by atoms with Crippen molar-refractivity contribution in [2.24, 2.45) is 5.14 Å². The summed E-state index contributed by atoms with van der Waals surface area (Å²) in [5.41, 5.74) is 2.24. The first-order valence-electron chi connectivity index (χ1n) is 9.74. The minimum absolute atomic E-state index is 0.0156. The molecule has 0 saturated heterocycles. The molecule has 3 aromatic carbocycles. The first-order valence-corrected chi connectivity index (χ1v) is 12.2. The molecule has 0 spiro atoms. The lowest BCUT2D eigenvalue weighted by Crippen LogP contribution is -2.22. The third-order valence-electron chi connectivity index (χ3n) is 4.81. The first kappa shape index (κ1) is 21.9. The summed E-state index contributed by atoms with van der Waals surface area (Å²) in [6.45, 7) is 1.78. The average molecular weight is 465 g/mol. The molecule has 1 heterocycles. The van der Waals surface area contributed by atoms with Gasteiger partial charge in [0.05, 0.1) is 10.1 Å². The first-order chi connectivity index (χ1) is 15.3. The van der Waals surface area contributed by atoms with Crippen molar-refractivity contribution in [1.29, 1.82) is 0 Å². The van der Waals surface area contributed by atoms with Crippen LogP contribution in [0.4, 0.5) is 5.69 Å². The van der Waals surface area contributed by atoms with E-state index in [0.29, 0.717) is 10.7 Å². The summed E-state index contributed by atoms with van der Waals surface area (Å²) >= 11 is 1.31. The molecule has 0 aliphatic carbocycles. The highest BCUT2D eigenvalue weighted by atomic mass is 32.2. The van der Waals surface area contributed by atoms with Gasteiger partial charge in [0, 0.05) is 22.0 Å².